The van der Waals surface area contributed by atoms with Crippen LogP contribution >= 0.6 is 0 Å². The highest BCUT2D eigenvalue weighted by atomic mass is 16.5. The van der Waals surface area contributed by atoms with Crippen LogP contribution in [0.1, 0.15) is 19.4 Å². The van der Waals surface area contributed by atoms with E-state index in [1.807, 2.05) is 38.1 Å². The number of hydrogen-bond acceptors (Lipinski definition) is 2. The molecule has 15 heavy (non-hydrogen) atoms. The Kier molecular flexibility index (Phi) is 4.91. The van der Waals surface area contributed by atoms with Crippen LogP contribution in [0, 0.1) is 0 Å². The van der Waals surface area contributed by atoms with Gasteiger partial charge in [-0.1, -0.05) is 24.8 Å². The molecular weight excluding hydrogens is 188 g/mol. The van der Waals surface area contributed by atoms with Crippen molar-refractivity contribution in [3.63, 3.8) is 0 Å². The van der Waals surface area contributed by atoms with Gasteiger partial charge in [-0.2, -0.15) is 0 Å². The van der Waals surface area contributed by atoms with Gasteiger partial charge in [0.1, 0.15) is 12.4 Å². The van der Waals surface area contributed by atoms with Gasteiger partial charge in [0, 0.05) is 12.2 Å². The Morgan fingerprint density at radius 3 is 2.67 bits per heavy atom. The van der Waals surface area contributed by atoms with Crippen molar-refractivity contribution in [2.75, 3.05) is 19.8 Å². The van der Waals surface area contributed by atoms with Crippen LogP contribution in [0.2, 0.25) is 0 Å². The molecule has 0 aliphatic rings. The fraction of sp³-hybridized carbons (Fsp3) is 0.385. The second-order valence-corrected chi connectivity index (χ2v) is 3.32. The molecule has 1 aromatic carbocycles. The minimum atomic E-state index is 0.581. The first-order valence-electron chi connectivity index (χ1n) is 5.21. The highest BCUT2D eigenvalue weighted by Crippen LogP contribution is 2.23. The normalized spacial score (nSPS) is 10.0. The summed E-state index contributed by atoms with van der Waals surface area (Å²) >= 11 is 0. The standard InChI is InChI=1S/C13H18O2/c1-4-14-9-10-15-13-8-6-5-7-12(13)11(2)3/h5-8H,2,4,9-10H2,1,3H3. The Labute approximate surface area is 91.5 Å². The van der Waals surface area contributed by atoms with Gasteiger partial charge in [0.15, 0.2) is 0 Å². The molecule has 0 amide bonds. The molecule has 0 aliphatic carbocycles. The van der Waals surface area contributed by atoms with E-state index in [9.17, 15) is 0 Å². The van der Waals surface area contributed by atoms with Gasteiger partial charge in [-0.15, -0.1) is 0 Å². The number of para-hydroxylation sites is 1. The van der Waals surface area contributed by atoms with Gasteiger partial charge in [0.2, 0.25) is 0 Å². The molecular formula is C13H18O2. The molecule has 0 aromatic heterocycles. The predicted octanol–water partition coefficient (Wildman–Crippen LogP) is 3.14. The molecule has 82 valence electrons. The summed E-state index contributed by atoms with van der Waals surface area (Å²) in [6, 6.07) is 7.91. The maximum absolute atomic E-state index is 5.61. The van der Waals surface area contributed by atoms with E-state index in [1.165, 1.54) is 0 Å². The summed E-state index contributed by atoms with van der Waals surface area (Å²) in [5.41, 5.74) is 2.08. The van der Waals surface area contributed by atoms with E-state index in [-0.39, 0.29) is 0 Å². The Morgan fingerprint density at radius 2 is 2.00 bits per heavy atom. The van der Waals surface area contributed by atoms with Gasteiger partial charge in [-0.05, 0) is 25.5 Å². The number of hydrogen-bond donors (Lipinski definition) is 0. The monoisotopic (exact) mass is 206 g/mol. The van der Waals surface area contributed by atoms with E-state index in [0.29, 0.717) is 13.2 Å². The molecule has 0 radical (unpaired) electrons. The second-order valence-electron chi connectivity index (χ2n) is 3.32. The first-order valence-corrected chi connectivity index (χ1v) is 5.21. The van der Waals surface area contributed by atoms with E-state index in [0.717, 1.165) is 23.5 Å². The van der Waals surface area contributed by atoms with Crippen molar-refractivity contribution in [3.8, 4) is 5.75 Å². The van der Waals surface area contributed by atoms with E-state index in [4.69, 9.17) is 9.47 Å². The van der Waals surface area contributed by atoms with E-state index < -0.39 is 0 Å². The van der Waals surface area contributed by atoms with Crippen LogP contribution in [0.25, 0.3) is 5.57 Å². The summed E-state index contributed by atoms with van der Waals surface area (Å²) in [5, 5.41) is 0. The van der Waals surface area contributed by atoms with E-state index >= 15 is 0 Å². The maximum Gasteiger partial charge on any atom is 0.126 e. The van der Waals surface area contributed by atoms with Crippen LogP contribution in [0.5, 0.6) is 5.75 Å². The molecule has 1 aromatic rings. The lowest BCUT2D eigenvalue weighted by molar-refractivity contribution is 0.110. The zero-order chi connectivity index (χ0) is 11.1. The Hall–Kier alpha value is -1.28. The van der Waals surface area contributed by atoms with Crippen LogP contribution in [0.15, 0.2) is 30.8 Å². The molecule has 0 unspecified atom stereocenters. The van der Waals surface area contributed by atoms with Crippen molar-refractivity contribution in [1.29, 1.82) is 0 Å². The van der Waals surface area contributed by atoms with Crippen molar-refractivity contribution in [3.05, 3.63) is 36.4 Å². The van der Waals surface area contributed by atoms with Gasteiger partial charge < -0.3 is 9.47 Å². The Morgan fingerprint density at radius 1 is 1.27 bits per heavy atom. The minimum Gasteiger partial charge on any atom is -0.491 e. The van der Waals surface area contributed by atoms with Crippen LogP contribution < -0.4 is 4.74 Å². The van der Waals surface area contributed by atoms with E-state index in [1.54, 1.807) is 0 Å². The van der Waals surface area contributed by atoms with Crippen LogP contribution in [0.3, 0.4) is 0 Å². The average molecular weight is 206 g/mol. The predicted molar refractivity (Wildman–Crippen MR) is 63.1 cm³/mol. The summed E-state index contributed by atoms with van der Waals surface area (Å²) in [4.78, 5) is 0. The fourth-order valence-electron chi connectivity index (χ4n) is 1.30. The lowest BCUT2D eigenvalue weighted by Crippen LogP contribution is -2.07. The van der Waals surface area contributed by atoms with Crippen molar-refractivity contribution in [1.82, 2.24) is 0 Å². The smallest absolute Gasteiger partial charge is 0.126 e. The summed E-state index contributed by atoms with van der Waals surface area (Å²) in [6.07, 6.45) is 0. The Balaban J connectivity index is 2.56. The van der Waals surface area contributed by atoms with E-state index in [2.05, 4.69) is 6.58 Å². The van der Waals surface area contributed by atoms with Crippen molar-refractivity contribution in [2.45, 2.75) is 13.8 Å². The van der Waals surface area contributed by atoms with Gasteiger partial charge in [-0.3, -0.25) is 0 Å². The third-order valence-electron chi connectivity index (χ3n) is 2.04. The van der Waals surface area contributed by atoms with Gasteiger partial charge in [0.25, 0.3) is 0 Å². The Bertz CT molecular complexity index is 318. The number of ether oxygens (including phenoxy) is 2. The maximum atomic E-state index is 5.61. The summed E-state index contributed by atoms with van der Waals surface area (Å²) < 4.78 is 10.8. The molecule has 0 atom stereocenters. The summed E-state index contributed by atoms with van der Waals surface area (Å²) in [6.45, 7) is 9.81. The third kappa shape index (κ3) is 3.76. The van der Waals surface area contributed by atoms with Crippen LogP contribution in [-0.4, -0.2) is 19.8 Å². The molecule has 0 fully saturated rings. The summed E-state index contributed by atoms with van der Waals surface area (Å²) in [5.74, 6) is 0.879. The molecule has 0 spiro atoms. The molecule has 0 saturated heterocycles. The lowest BCUT2D eigenvalue weighted by atomic mass is 10.1. The number of rotatable bonds is 6. The van der Waals surface area contributed by atoms with Gasteiger partial charge >= 0.3 is 0 Å². The highest BCUT2D eigenvalue weighted by molar-refractivity contribution is 5.66. The molecule has 0 heterocycles. The van der Waals surface area contributed by atoms with Crippen LogP contribution in [-0.2, 0) is 4.74 Å². The van der Waals surface area contributed by atoms with Crippen molar-refractivity contribution < 1.29 is 9.47 Å². The van der Waals surface area contributed by atoms with Crippen molar-refractivity contribution >= 4 is 5.57 Å². The first-order chi connectivity index (χ1) is 7.25. The molecule has 2 nitrogen and oxygen atoms in total. The lowest BCUT2D eigenvalue weighted by Gasteiger charge is -2.10. The zero-order valence-corrected chi connectivity index (χ0v) is 9.45. The van der Waals surface area contributed by atoms with Crippen LogP contribution in [0.4, 0.5) is 0 Å². The molecule has 0 saturated carbocycles. The minimum absolute atomic E-state index is 0.581. The molecule has 0 N–H and O–H groups in total. The van der Waals surface area contributed by atoms with Gasteiger partial charge in [0.05, 0.1) is 6.61 Å². The number of allylic oxidation sites excluding steroid dienone is 1. The average Bonchev–Trinajstić information content (AvgIpc) is 2.25. The molecule has 2 heteroatoms. The fourth-order valence-corrected chi connectivity index (χ4v) is 1.30. The summed E-state index contributed by atoms with van der Waals surface area (Å²) in [7, 11) is 0. The second kappa shape index (κ2) is 6.25. The van der Waals surface area contributed by atoms with Crippen molar-refractivity contribution in [2.24, 2.45) is 0 Å². The quantitative estimate of drug-likeness (QED) is 0.666. The first kappa shape index (κ1) is 11.8. The molecule has 0 aliphatic heterocycles. The van der Waals surface area contributed by atoms with Gasteiger partial charge in [-0.25, -0.2) is 0 Å². The topological polar surface area (TPSA) is 18.5 Å². The third-order valence-corrected chi connectivity index (χ3v) is 2.04. The number of benzene rings is 1. The largest absolute Gasteiger partial charge is 0.491 e. The zero-order valence-electron chi connectivity index (χ0n) is 9.45. The highest BCUT2D eigenvalue weighted by Gasteiger charge is 2.02. The molecule has 1 rings (SSSR count). The SMILES string of the molecule is C=C(C)c1ccccc1OCCOCC. The molecule has 0 bridgehead atoms.